The minimum Gasteiger partial charge on any atom is -0.367 e. The number of anilines is 2. The molecule has 0 spiro atoms. The van der Waals surface area contributed by atoms with Crippen LogP contribution in [0.5, 0.6) is 0 Å². The van der Waals surface area contributed by atoms with Crippen molar-refractivity contribution < 1.29 is 0 Å². The van der Waals surface area contributed by atoms with Gasteiger partial charge in [0, 0.05) is 11.6 Å². The van der Waals surface area contributed by atoms with Gasteiger partial charge in [0.2, 0.25) is 0 Å². The lowest BCUT2D eigenvalue weighted by molar-refractivity contribution is 0.280. The molecule has 1 aromatic heterocycles. The molecule has 0 bridgehead atoms. The number of aromatic nitrogens is 2. The van der Waals surface area contributed by atoms with E-state index >= 15 is 0 Å². The Hall–Kier alpha value is -1.36. The molecule has 0 aliphatic heterocycles. The number of nitrogens with zero attached hydrogens (tertiary/aromatic N) is 2. The van der Waals surface area contributed by atoms with Crippen LogP contribution >= 0.6 is 0 Å². The third-order valence-corrected chi connectivity index (χ3v) is 4.12. The maximum absolute atomic E-state index is 5.57. The monoisotopic (exact) mass is 277 g/mol. The molecule has 0 saturated heterocycles. The number of hydrogen-bond acceptors (Lipinski definition) is 5. The van der Waals surface area contributed by atoms with Gasteiger partial charge >= 0.3 is 0 Å². The van der Waals surface area contributed by atoms with Gasteiger partial charge < -0.3 is 10.7 Å². The Kier molecular flexibility index (Phi) is 4.81. The van der Waals surface area contributed by atoms with Gasteiger partial charge in [0.05, 0.1) is 0 Å². The maximum atomic E-state index is 5.57. The van der Waals surface area contributed by atoms with E-state index < -0.39 is 0 Å². The Balaban J connectivity index is 2.20. The van der Waals surface area contributed by atoms with Crippen LogP contribution in [0, 0.1) is 11.8 Å². The Morgan fingerprint density at radius 1 is 1.10 bits per heavy atom. The average molecular weight is 277 g/mol. The molecule has 20 heavy (non-hydrogen) atoms. The molecule has 1 heterocycles. The molecule has 1 fully saturated rings. The highest BCUT2D eigenvalue weighted by molar-refractivity contribution is 5.58. The lowest BCUT2D eigenvalue weighted by atomic mass is 9.80. The van der Waals surface area contributed by atoms with Crippen LogP contribution in [-0.4, -0.2) is 16.0 Å². The fourth-order valence-electron chi connectivity index (χ4n) is 3.43. The van der Waals surface area contributed by atoms with Crippen LogP contribution in [0.1, 0.15) is 58.4 Å². The quantitative estimate of drug-likeness (QED) is 0.582. The van der Waals surface area contributed by atoms with Gasteiger partial charge in [0.15, 0.2) is 0 Å². The maximum Gasteiger partial charge on any atom is 0.148 e. The zero-order valence-electron chi connectivity index (χ0n) is 13.0. The highest BCUT2D eigenvalue weighted by Crippen LogP contribution is 2.33. The molecule has 5 heteroatoms. The zero-order chi connectivity index (χ0) is 14.7. The van der Waals surface area contributed by atoms with Crippen molar-refractivity contribution in [3.05, 3.63) is 11.9 Å². The lowest BCUT2D eigenvalue weighted by Gasteiger charge is -2.33. The second kappa shape index (κ2) is 6.39. The largest absolute Gasteiger partial charge is 0.367 e. The Morgan fingerprint density at radius 2 is 1.70 bits per heavy atom. The van der Waals surface area contributed by atoms with Gasteiger partial charge in [0.1, 0.15) is 18.0 Å². The summed E-state index contributed by atoms with van der Waals surface area (Å²) in [5.41, 5.74) is 3.75. The summed E-state index contributed by atoms with van der Waals surface area (Å²) in [5, 5.41) is 3.62. The summed E-state index contributed by atoms with van der Waals surface area (Å²) in [7, 11) is 0. The summed E-state index contributed by atoms with van der Waals surface area (Å²) in [4.78, 5) is 8.65. The van der Waals surface area contributed by atoms with Crippen LogP contribution in [0.25, 0.3) is 0 Å². The van der Waals surface area contributed by atoms with E-state index in [1.807, 2.05) is 0 Å². The molecule has 2 unspecified atom stereocenters. The number of hydrogen-bond donors (Lipinski definition) is 3. The first kappa shape index (κ1) is 15.0. The average Bonchev–Trinajstić information content (AvgIpc) is 2.36. The normalized spacial score (nSPS) is 26.6. The van der Waals surface area contributed by atoms with E-state index in [1.165, 1.54) is 19.3 Å². The first-order valence-corrected chi connectivity index (χ1v) is 7.59. The zero-order valence-corrected chi connectivity index (χ0v) is 13.0. The van der Waals surface area contributed by atoms with Crippen LogP contribution < -0.4 is 16.6 Å². The molecule has 1 aliphatic rings. The van der Waals surface area contributed by atoms with Crippen molar-refractivity contribution in [3.8, 4) is 0 Å². The van der Waals surface area contributed by atoms with E-state index in [9.17, 15) is 0 Å². The van der Waals surface area contributed by atoms with Crippen LogP contribution in [-0.2, 0) is 0 Å². The van der Waals surface area contributed by atoms with Gasteiger partial charge in [-0.15, -0.1) is 0 Å². The molecule has 1 aliphatic carbocycles. The number of nitrogens with two attached hydrogens (primary N) is 1. The van der Waals surface area contributed by atoms with Crippen LogP contribution in [0.2, 0.25) is 0 Å². The van der Waals surface area contributed by atoms with Crippen molar-refractivity contribution in [2.24, 2.45) is 17.7 Å². The SMILES string of the molecule is CC1CC(C)CC(Nc2ncnc(NN)c2C(C)C)C1. The van der Waals surface area contributed by atoms with Crippen LogP contribution in [0.15, 0.2) is 6.33 Å². The summed E-state index contributed by atoms with van der Waals surface area (Å²) >= 11 is 0. The van der Waals surface area contributed by atoms with Gasteiger partial charge in [-0.05, 0) is 37.0 Å². The second-order valence-corrected chi connectivity index (χ2v) is 6.54. The first-order chi connectivity index (χ1) is 9.51. The smallest absolute Gasteiger partial charge is 0.148 e. The molecule has 4 N–H and O–H groups in total. The summed E-state index contributed by atoms with van der Waals surface area (Å²) in [5.74, 6) is 9.07. The van der Waals surface area contributed by atoms with E-state index in [4.69, 9.17) is 5.84 Å². The fraction of sp³-hybridized carbons (Fsp3) is 0.733. The van der Waals surface area contributed by atoms with E-state index in [0.717, 1.165) is 29.0 Å². The van der Waals surface area contributed by atoms with Crippen LogP contribution in [0.4, 0.5) is 11.6 Å². The molecule has 5 nitrogen and oxygen atoms in total. The minimum absolute atomic E-state index is 0.322. The first-order valence-electron chi connectivity index (χ1n) is 7.59. The van der Waals surface area contributed by atoms with E-state index in [-0.39, 0.29) is 0 Å². The minimum atomic E-state index is 0.322. The molecule has 112 valence electrons. The summed E-state index contributed by atoms with van der Waals surface area (Å²) in [6.07, 6.45) is 5.31. The van der Waals surface area contributed by atoms with Gasteiger partial charge in [-0.25, -0.2) is 15.8 Å². The molecule has 2 atom stereocenters. The summed E-state index contributed by atoms with van der Waals surface area (Å²) < 4.78 is 0. The van der Waals surface area contributed by atoms with Gasteiger partial charge in [-0.3, -0.25) is 0 Å². The third-order valence-electron chi connectivity index (χ3n) is 4.12. The Morgan fingerprint density at radius 3 is 2.25 bits per heavy atom. The number of hydrazine groups is 1. The summed E-state index contributed by atoms with van der Waals surface area (Å²) in [6, 6.07) is 0.492. The standard InChI is InChI=1S/C15H27N5/c1-9(2)13-14(17-8-18-15(13)20-16)19-12-6-10(3)5-11(4)7-12/h8-12H,5-7,16H2,1-4H3,(H2,17,18,19,20). The Labute approximate surface area is 121 Å². The van der Waals surface area contributed by atoms with Crippen molar-refractivity contribution in [3.63, 3.8) is 0 Å². The fourth-order valence-corrected chi connectivity index (χ4v) is 3.43. The highest BCUT2D eigenvalue weighted by Gasteiger charge is 2.25. The Bertz CT molecular complexity index is 436. The van der Waals surface area contributed by atoms with E-state index in [2.05, 4.69) is 48.4 Å². The molecule has 0 aromatic carbocycles. The van der Waals surface area contributed by atoms with Crippen molar-refractivity contribution >= 4 is 11.6 Å². The number of nitrogen functional groups attached to an aromatic ring is 1. The van der Waals surface area contributed by atoms with Crippen molar-refractivity contribution in [2.45, 2.75) is 58.9 Å². The molecular weight excluding hydrogens is 250 g/mol. The van der Waals surface area contributed by atoms with Gasteiger partial charge in [-0.1, -0.05) is 27.7 Å². The van der Waals surface area contributed by atoms with Crippen molar-refractivity contribution in [2.75, 3.05) is 10.7 Å². The van der Waals surface area contributed by atoms with Gasteiger partial charge in [0.25, 0.3) is 0 Å². The number of rotatable bonds is 4. The number of nitrogens with one attached hydrogen (secondary N) is 2. The van der Waals surface area contributed by atoms with E-state index in [1.54, 1.807) is 6.33 Å². The predicted molar refractivity (Wildman–Crippen MR) is 83.5 cm³/mol. The third kappa shape index (κ3) is 3.39. The second-order valence-electron chi connectivity index (χ2n) is 6.54. The molecule has 2 rings (SSSR count). The molecule has 0 amide bonds. The highest BCUT2D eigenvalue weighted by atomic mass is 15.3. The van der Waals surface area contributed by atoms with Gasteiger partial charge in [-0.2, -0.15) is 0 Å². The lowest BCUT2D eigenvalue weighted by Crippen LogP contribution is -2.31. The summed E-state index contributed by atoms with van der Waals surface area (Å²) in [6.45, 7) is 8.94. The van der Waals surface area contributed by atoms with Crippen molar-refractivity contribution in [1.29, 1.82) is 0 Å². The topological polar surface area (TPSA) is 75.9 Å². The van der Waals surface area contributed by atoms with Crippen LogP contribution in [0.3, 0.4) is 0 Å². The molecular formula is C15H27N5. The molecule has 1 saturated carbocycles. The predicted octanol–water partition coefficient (Wildman–Crippen LogP) is 3.12. The molecule has 1 aromatic rings. The van der Waals surface area contributed by atoms with E-state index in [0.29, 0.717) is 12.0 Å². The molecule has 0 radical (unpaired) electrons. The van der Waals surface area contributed by atoms with Crippen molar-refractivity contribution in [1.82, 2.24) is 9.97 Å².